The average Bonchev–Trinajstić information content (AvgIpc) is 3.19. The van der Waals surface area contributed by atoms with Crippen LogP contribution in [0.3, 0.4) is 0 Å². The molecule has 1 aliphatic rings. The molecule has 0 bridgehead atoms. The lowest BCUT2D eigenvalue weighted by molar-refractivity contribution is -0.141. The van der Waals surface area contributed by atoms with Gasteiger partial charge < -0.3 is 19.7 Å². The highest BCUT2D eigenvalue weighted by Crippen LogP contribution is 2.32. The van der Waals surface area contributed by atoms with E-state index in [1.165, 1.54) is 0 Å². The van der Waals surface area contributed by atoms with Crippen LogP contribution >= 0.6 is 0 Å². The van der Waals surface area contributed by atoms with Gasteiger partial charge in [-0.05, 0) is 43.0 Å². The number of hydrogen-bond acceptors (Lipinski definition) is 4. The molecule has 0 fully saturated rings. The zero-order valence-electron chi connectivity index (χ0n) is 17.2. The maximum Gasteiger partial charge on any atom is 0.242 e. The SMILES string of the molecule is CC[C@@H](C(=O)NC)N(Cc1cccc(C)c1)C(=O)CCc1ccc2c(c1)OCO2. The van der Waals surface area contributed by atoms with Gasteiger partial charge in [-0.3, -0.25) is 9.59 Å². The number of nitrogens with one attached hydrogen (secondary N) is 1. The van der Waals surface area contributed by atoms with Gasteiger partial charge in [-0.25, -0.2) is 0 Å². The summed E-state index contributed by atoms with van der Waals surface area (Å²) in [5.41, 5.74) is 3.15. The third-order valence-electron chi connectivity index (χ3n) is 5.13. The Hall–Kier alpha value is -3.02. The molecule has 3 rings (SSSR count). The maximum absolute atomic E-state index is 13.2. The zero-order valence-corrected chi connectivity index (χ0v) is 17.2. The highest BCUT2D eigenvalue weighted by Gasteiger charge is 2.27. The highest BCUT2D eigenvalue weighted by atomic mass is 16.7. The third-order valence-corrected chi connectivity index (χ3v) is 5.13. The van der Waals surface area contributed by atoms with Crippen molar-refractivity contribution in [2.24, 2.45) is 0 Å². The molecule has 0 spiro atoms. The Labute approximate surface area is 171 Å². The van der Waals surface area contributed by atoms with Gasteiger partial charge in [0.15, 0.2) is 11.5 Å². The molecule has 29 heavy (non-hydrogen) atoms. The minimum atomic E-state index is -0.496. The van der Waals surface area contributed by atoms with Crippen molar-refractivity contribution in [2.45, 2.75) is 45.7 Å². The third kappa shape index (κ3) is 5.08. The molecule has 0 radical (unpaired) electrons. The number of carbonyl (C=O) groups is 2. The average molecular weight is 396 g/mol. The Kier molecular flexibility index (Phi) is 6.75. The van der Waals surface area contributed by atoms with Gasteiger partial charge in [0, 0.05) is 20.0 Å². The van der Waals surface area contributed by atoms with Crippen molar-refractivity contribution in [1.29, 1.82) is 0 Å². The standard InChI is InChI=1S/C23H28N2O4/c1-4-19(23(27)24-3)25(14-18-7-5-6-16(2)12-18)22(26)11-9-17-8-10-20-21(13-17)29-15-28-20/h5-8,10,12-13,19H,4,9,11,14-15H2,1-3H3,(H,24,27)/t19-/m0/s1. The summed E-state index contributed by atoms with van der Waals surface area (Å²) in [6, 6.07) is 13.3. The summed E-state index contributed by atoms with van der Waals surface area (Å²) >= 11 is 0. The fraction of sp³-hybridized carbons (Fsp3) is 0.391. The number of fused-ring (bicyclic) bond motifs is 1. The van der Waals surface area contributed by atoms with E-state index in [0.717, 1.165) is 22.4 Å². The molecule has 2 aromatic rings. The minimum Gasteiger partial charge on any atom is -0.454 e. The predicted octanol–water partition coefficient (Wildman–Crippen LogP) is 3.21. The van der Waals surface area contributed by atoms with E-state index in [1.54, 1.807) is 11.9 Å². The summed E-state index contributed by atoms with van der Waals surface area (Å²) in [6.45, 7) is 4.58. The fourth-order valence-corrected chi connectivity index (χ4v) is 3.58. The van der Waals surface area contributed by atoms with Gasteiger partial charge in [-0.1, -0.05) is 42.8 Å². The second kappa shape index (κ2) is 9.45. The highest BCUT2D eigenvalue weighted by molar-refractivity contribution is 5.87. The molecule has 6 heteroatoms. The van der Waals surface area contributed by atoms with Crippen molar-refractivity contribution in [3.8, 4) is 11.5 Å². The van der Waals surface area contributed by atoms with E-state index in [4.69, 9.17) is 9.47 Å². The first-order valence-electron chi connectivity index (χ1n) is 9.97. The van der Waals surface area contributed by atoms with Crippen molar-refractivity contribution in [3.05, 3.63) is 59.2 Å². The fourth-order valence-electron chi connectivity index (χ4n) is 3.58. The van der Waals surface area contributed by atoms with E-state index >= 15 is 0 Å². The zero-order chi connectivity index (χ0) is 20.8. The largest absolute Gasteiger partial charge is 0.454 e. The molecule has 1 atom stereocenters. The lowest BCUT2D eigenvalue weighted by Gasteiger charge is -2.30. The maximum atomic E-state index is 13.2. The smallest absolute Gasteiger partial charge is 0.242 e. The van der Waals surface area contributed by atoms with Crippen molar-refractivity contribution in [2.75, 3.05) is 13.8 Å². The second-order valence-corrected chi connectivity index (χ2v) is 7.24. The molecule has 0 unspecified atom stereocenters. The predicted molar refractivity (Wildman–Crippen MR) is 111 cm³/mol. The first-order valence-corrected chi connectivity index (χ1v) is 9.97. The Morgan fingerprint density at radius 2 is 1.90 bits per heavy atom. The Bertz CT molecular complexity index is 881. The summed E-state index contributed by atoms with van der Waals surface area (Å²) < 4.78 is 10.8. The molecule has 1 N–H and O–H groups in total. The Balaban J connectivity index is 1.74. The second-order valence-electron chi connectivity index (χ2n) is 7.24. The van der Waals surface area contributed by atoms with Crippen LogP contribution in [-0.4, -0.2) is 36.6 Å². The first-order chi connectivity index (χ1) is 14.0. The van der Waals surface area contributed by atoms with Crippen LogP contribution in [0.2, 0.25) is 0 Å². The number of nitrogens with zero attached hydrogens (tertiary/aromatic N) is 1. The molecule has 1 heterocycles. The van der Waals surface area contributed by atoms with Crippen molar-refractivity contribution >= 4 is 11.8 Å². The molecule has 2 amide bonds. The van der Waals surface area contributed by atoms with Crippen LogP contribution in [0.25, 0.3) is 0 Å². The van der Waals surface area contributed by atoms with E-state index < -0.39 is 6.04 Å². The molecule has 0 saturated carbocycles. The Morgan fingerprint density at radius 3 is 2.62 bits per heavy atom. The van der Waals surface area contributed by atoms with E-state index in [2.05, 4.69) is 11.4 Å². The monoisotopic (exact) mass is 396 g/mol. The molecular formula is C23H28N2O4. The number of amides is 2. The van der Waals surface area contributed by atoms with Gasteiger partial charge in [-0.15, -0.1) is 0 Å². The number of hydrogen-bond donors (Lipinski definition) is 1. The van der Waals surface area contributed by atoms with Gasteiger partial charge in [-0.2, -0.15) is 0 Å². The van der Waals surface area contributed by atoms with E-state index in [0.29, 0.717) is 31.6 Å². The van der Waals surface area contributed by atoms with Gasteiger partial charge >= 0.3 is 0 Å². The van der Waals surface area contributed by atoms with Gasteiger partial charge in [0.2, 0.25) is 18.6 Å². The molecule has 0 aromatic heterocycles. The van der Waals surface area contributed by atoms with Crippen LogP contribution < -0.4 is 14.8 Å². The quantitative estimate of drug-likeness (QED) is 0.744. The van der Waals surface area contributed by atoms with E-state index in [-0.39, 0.29) is 18.6 Å². The van der Waals surface area contributed by atoms with E-state index in [9.17, 15) is 9.59 Å². The van der Waals surface area contributed by atoms with E-state index in [1.807, 2.05) is 50.2 Å². The number of rotatable bonds is 8. The number of ether oxygens (including phenoxy) is 2. The number of benzene rings is 2. The van der Waals surface area contributed by atoms with Crippen LogP contribution in [0.5, 0.6) is 11.5 Å². The lowest BCUT2D eigenvalue weighted by atomic mass is 10.0. The molecule has 1 aliphatic heterocycles. The van der Waals surface area contributed by atoms with Gasteiger partial charge in [0.05, 0.1) is 0 Å². The van der Waals surface area contributed by atoms with Crippen LogP contribution in [0, 0.1) is 6.92 Å². The molecule has 154 valence electrons. The van der Waals surface area contributed by atoms with Crippen molar-refractivity contribution in [1.82, 2.24) is 10.2 Å². The topological polar surface area (TPSA) is 67.9 Å². The van der Waals surface area contributed by atoms with Crippen LogP contribution in [-0.2, 0) is 22.6 Å². The summed E-state index contributed by atoms with van der Waals surface area (Å²) in [4.78, 5) is 27.3. The summed E-state index contributed by atoms with van der Waals surface area (Å²) in [5.74, 6) is 1.26. The summed E-state index contributed by atoms with van der Waals surface area (Å²) in [6.07, 6.45) is 1.45. The van der Waals surface area contributed by atoms with Crippen LogP contribution in [0.1, 0.15) is 36.5 Å². The van der Waals surface area contributed by atoms with Gasteiger partial charge in [0.25, 0.3) is 0 Å². The Morgan fingerprint density at radius 1 is 1.10 bits per heavy atom. The lowest BCUT2D eigenvalue weighted by Crippen LogP contribution is -2.48. The van der Waals surface area contributed by atoms with Crippen LogP contribution in [0.4, 0.5) is 0 Å². The number of aryl methyl sites for hydroxylation is 2. The molecular weight excluding hydrogens is 368 g/mol. The van der Waals surface area contributed by atoms with Crippen molar-refractivity contribution in [3.63, 3.8) is 0 Å². The molecule has 6 nitrogen and oxygen atoms in total. The number of carbonyl (C=O) groups excluding carboxylic acids is 2. The normalized spacial score (nSPS) is 13.1. The minimum absolute atomic E-state index is 0.0420. The molecule has 0 saturated heterocycles. The molecule has 0 aliphatic carbocycles. The number of likely N-dealkylation sites (N-methyl/N-ethyl adjacent to an activating group) is 1. The summed E-state index contributed by atoms with van der Waals surface area (Å²) in [7, 11) is 1.60. The van der Waals surface area contributed by atoms with Gasteiger partial charge in [0.1, 0.15) is 6.04 Å². The van der Waals surface area contributed by atoms with Crippen molar-refractivity contribution < 1.29 is 19.1 Å². The molecule has 2 aromatic carbocycles. The first kappa shape index (κ1) is 20.7. The van der Waals surface area contributed by atoms with Crippen LogP contribution in [0.15, 0.2) is 42.5 Å². The summed E-state index contributed by atoms with van der Waals surface area (Å²) in [5, 5.41) is 2.69.